The first-order valence-corrected chi connectivity index (χ1v) is 14.0. The summed E-state index contributed by atoms with van der Waals surface area (Å²) in [6.45, 7) is 4.73. The van der Waals surface area contributed by atoms with Gasteiger partial charge in [-0.15, -0.1) is 0 Å². The first-order valence-electron chi connectivity index (χ1n) is 14.0. The molecule has 0 radical (unpaired) electrons. The fourth-order valence-corrected chi connectivity index (χ4v) is 7.30. The lowest BCUT2D eigenvalue weighted by molar-refractivity contribution is 0.659. The van der Waals surface area contributed by atoms with Crippen LogP contribution in [0.1, 0.15) is 25.0 Å². The molecular weight excluding hydrogens is 484 g/mol. The van der Waals surface area contributed by atoms with Crippen LogP contribution in [-0.4, -0.2) is 9.55 Å². The molecule has 40 heavy (non-hydrogen) atoms. The van der Waals surface area contributed by atoms with Gasteiger partial charge in [0.2, 0.25) is 0 Å². The molecule has 0 bridgehead atoms. The maximum Gasteiger partial charge on any atom is 0.137 e. The molecule has 2 aromatic heterocycles. The van der Waals surface area contributed by atoms with Crippen molar-refractivity contribution in [3.05, 3.63) is 133 Å². The van der Waals surface area contributed by atoms with Crippen LogP contribution in [0.25, 0.3) is 71.1 Å². The molecule has 2 heterocycles. The van der Waals surface area contributed by atoms with E-state index >= 15 is 0 Å². The molecule has 0 unspecified atom stereocenters. The summed E-state index contributed by atoms with van der Waals surface area (Å²) in [7, 11) is 0. The van der Waals surface area contributed by atoms with E-state index in [0.29, 0.717) is 0 Å². The summed E-state index contributed by atoms with van der Waals surface area (Å²) < 4.78 is 2.32. The minimum atomic E-state index is -0.151. The van der Waals surface area contributed by atoms with E-state index in [2.05, 4.69) is 140 Å². The fraction of sp³-hybridized carbons (Fsp3) is 0.0789. The molecule has 0 spiro atoms. The van der Waals surface area contributed by atoms with E-state index in [1.165, 1.54) is 76.4 Å². The Labute approximate surface area is 232 Å². The molecular formula is C38H26N2. The Morgan fingerprint density at radius 2 is 0.925 bits per heavy atom. The summed E-state index contributed by atoms with van der Waals surface area (Å²) in [6, 6.07) is 42.2. The summed E-state index contributed by atoms with van der Waals surface area (Å²) in [4.78, 5) is 5.11. The first-order chi connectivity index (χ1) is 19.6. The number of rotatable bonds is 1. The molecule has 0 atom stereocenters. The maximum atomic E-state index is 5.11. The molecule has 1 aliphatic rings. The number of nitrogens with zero attached hydrogens (tertiary/aromatic N) is 2. The van der Waals surface area contributed by atoms with E-state index in [1.807, 2.05) is 0 Å². The Kier molecular flexibility index (Phi) is 4.15. The Morgan fingerprint density at radius 3 is 1.50 bits per heavy atom. The molecule has 2 heteroatoms. The molecule has 0 fully saturated rings. The number of pyridine rings is 1. The van der Waals surface area contributed by atoms with Crippen LogP contribution < -0.4 is 0 Å². The second-order valence-corrected chi connectivity index (χ2v) is 11.6. The van der Waals surface area contributed by atoms with Crippen molar-refractivity contribution < 1.29 is 0 Å². The topological polar surface area (TPSA) is 17.8 Å². The van der Waals surface area contributed by atoms with Crippen molar-refractivity contribution >= 4 is 54.1 Å². The third kappa shape index (κ3) is 2.70. The lowest BCUT2D eigenvalue weighted by atomic mass is 9.81. The Bertz CT molecular complexity index is 2300. The average Bonchev–Trinajstić information content (AvgIpc) is 3.45. The van der Waals surface area contributed by atoms with E-state index in [1.54, 1.807) is 0 Å². The predicted molar refractivity (Wildman–Crippen MR) is 169 cm³/mol. The van der Waals surface area contributed by atoms with Crippen LogP contribution in [-0.2, 0) is 5.41 Å². The minimum absolute atomic E-state index is 0.151. The van der Waals surface area contributed by atoms with Gasteiger partial charge in [0.25, 0.3) is 0 Å². The molecule has 8 aromatic rings. The number of aromatic nitrogens is 2. The van der Waals surface area contributed by atoms with Crippen LogP contribution in [0, 0.1) is 0 Å². The monoisotopic (exact) mass is 510 g/mol. The molecule has 0 saturated carbocycles. The molecule has 188 valence electrons. The van der Waals surface area contributed by atoms with Gasteiger partial charge in [-0.3, -0.25) is 4.57 Å². The Balaban J connectivity index is 1.34. The molecule has 0 N–H and O–H groups in total. The normalized spacial score (nSPS) is 13.9. The van der Waals surface area contributed by atoms with Crippen molar-refractivity contribution in [3.63, 3.8) is 0 Å². The van der Waals surface area contributed by atoms with Crippen molar-refractivity contribution in [1.29, 1.82) is 0 Å². The van der Waals surface area contributed by atoms with Crippen LogP contribution in [0.3, 0.4) is 0 Å². The lowest BCUT2D eigenvalue weighted by Gasteiger charge is -2.23. The molecule has 1 aliphatic carbocycles. The van der Waals surface area contributed by atoms with Gasteiger partial charge in [0.15, 0.2) is 0 Å². The molecule has 0 amide bonds. The van der Waals surface area contributed by atoms with Crippen molar-refractivity contribution in [2.45, 2.75) is 19.3 Å². The number of hydrogen-bond acceptors (Lipinski definition) is 1. The van der Waals surface area contributed by atoms with Gasteiger partial charge in [0.05, 0.1) is 11.0 Å². The zero-order valence-corrected chi connectivity index (χ0v) is 22.4. The van der Waals surface area contributed by atoms with Gasteiger partial charge in [0.1, 0.15) is 5.82 Å². The summed E-state index contributed by atoms with van der Waals surface area (Å²) in [5, 5.41) is 10.4. The van der Waals surface area contributed by atoms with Crippen LogP contribution >= 0.6 is 0 Å². The second kappa shape index (κ2) is 7.58. The van der Waals surface area contributed by atoms with Crippen molar-refractivity contribution in [1.82, 2.24) is 9.55 Å². The summed E-state index contributed by atoms with van der Waals surface area (Å²) in [6.07, 6.45) is 2.11. The number of benzene rings is 6. The van der Waals surface area contributed by atoms with Gasteiger partial charge in [-0.05, 0) is 79.3 Å². The van der Waals surface area contributed by atoms with Crippen LogP contribution in [0.15, 0.2) is 121 Å². The van der Waals surface area contributed by atoms with E-state index in [0.717, 1.165) is 5.82 Å². The highest BCUT2D eigenvalue weighted by atomic mass is 15.1. The zero-order valence-electron chi connectivity index (χ0n) is 22.4. The summed E-state index contributed by atoms with van der Waals surface area (Å²) >= 11 is 0. The van der Waals surface area contributed by atoms with Crippen molar-refractivity contribution in [3.8, 4) is 16.9 Å². The first kappa shape index (κ1) is 21.9. The van der Waals surface area contributed by atoms with Crippen LogP contribution in [0.2, 0.25) is 0 Å². The number of para-hydroxylation sites is 2. The quantitative estimate of drug-likeness (QED) is 0.201. The summed E-state index contributed by atoms with van der Waals surface area (Å²) in [5.41, 5.74) is 7.47. The third-order valence-corrected chi connectivity index (χ3v) is 9.22. The van der Waals surface area contributed by atoms with Gasteiger partial charge < -0.3 is 0 Å². The van der Waals surface area contributed by atoms with E-state index < -0.39 is 0 Å². The third-order valence-electron chi connectivity index (χ3n) is 9.22. The van der Waals surface area contributed by atoms with Crippen molar-refractivity contribution in [2.75, 3.05) is 0 Å². The van der Waals surface area contributed by atoms with Gasteiger partial charge in [-0.1, -0.05) is 98.8 Å². The highest BCUT2D eigenvalue weighted by Gasteiger charge is 2.37. The molecule has 0 saturated heterocycles. The van der Waals surface area contributed by atoms with Crippen LogP contribution in [0.4, 0.5) is 0 Å². The highest BCUT2D eigenvalue weighted by Crippen LogP contribution is 2.51. The maximum absolute atomic E-state index is 5.11. The lowest BCUT2D eigenvalue weighted by Crippen LogP contribution is -2.15. The smallest absolute Gasteiger partial charge is 0.137 e. The fourth-order valence-electron chi connectivity index (χ4n) is 7.30. The number of fused-ring (bicyclic) bond motifs is 12. The van der Waals surface area contributed by atoms with Crippen molar-refractivity contribution in [2.24, 2.45) is 0 Å². The van der Waals surface area contributed by atoms with Gasteiger partial charge in [-0.25, -0.2) is 4.98 Å². The predicted octanol–water partition coefficient (Wildman–Crippen LogP) is 9.94. The molecule has 6 aromatic carbocycles. The average molecular weight is 511 g/mol. The molecule has 2 nitrogen and oxygen atoms in total. The SMILES string of the molecule is CC1(C)c2cc(-n3c4ccccc4c4ccccc43)ncc2-c2cc3c4ccccc4c4ccccc4c3cc21. The molecule has 0 aliphatic heterocycles. The van der Waals surface area contributed by atoms with E-state index in [9.17, 15) is 0 Å². The van der Waals surface area contributed by atoms with Gasteiger partial charge in [-0.2, -0.15) is 0 Å². The highest BCUT2D eigenvalue weighted by molar-refractivity contribution is 6.26. The standard InChI is InChI=1S/C38H26N2/c1-38(2)33-20-30-26-14-6-4-12-24(26)23-11-3-5-13-25(23)29(30)19-31(33)32-22-39-37(21-34(32)38)40-35-17-9-7-15-27(35)28-16-8-10-18-36(28)40/h3-22H,1-2H3. The summed E-state index contributed by atoms with van der Waals surface area (Å²) in [5.74, 6) is 0.970. The largest absolute Gasteiger partial charge is 0.294 e. The Morgan fingerprint density at radius 1 is 0.475 bits per heavy atom. The van der Waals surface area contributed by atoms with E-state index in [-0.39, 0.29) is 5.41 Å². The van der Waals surface area contributed by atoms with E-state index in [4.69, 9.17) is 4.98 Å². The zero-order chi connectivity index (χ0) is 26.6. The van der Waals surface area contributed by atoms with Gasteiger partial charge in [0, 0.05) is 27.9 Å². The number of hydrogen-bond donors (Lipinski definition) is 0. The van der Waals surface area contributed by atoms with Gasteiger partial charge >= 0.3 is 0 Å². The van der Waals surface area contributed by atoms with Crippen LogP contribution in [0.5, 0.6) is 0 Å². The second-order valence-electron chi connectivity index (χ2n) is 11.6. The Hall–Kier alpha value is -4.95. The molecule has 9 rings (SSSR count). The minimum Gasteiger partial charge on any atom is -0.294 e.